The lowest BCUT2D eigenvalue weighted by Crippen LogP contribution is -2.31. The minimum absolute atomic E-state index is 0.621. The Morgan fingerprint density at radius 3 is 2.76 bits per heavy atom. The van der Waals surface area contributed by atoms with Crippen molar-refractivity contribution in [1.29, 1.82) is 0 Å². The molecule has 3 rings (SSSR count). The van der Waals surface area contributed by atoms with Crippen molar-refractivity contribution in [2.75, 3.05) is 37.8 Å². The van der Waals surface area contributed by atoms with E-state index in [1.807, 2.05) is 10.8 Å². The van der Waals surface area contributed by atoms with E-state index in [1.165, 1.54) is 12.1 Å². The molecule has 5 nitrogen and oxygen atoms in total. The molecule has 1 fully saturated rings. The first-order valence-corrected chi connectivity index (χ1v) is 7.84. The van der Waals surface area contributed by atoms with Crippen molar-refractivity contribution in [3.05, 3.63) is 35.3 Å². The largest absolute Gasteiger partial charge is 0.397 e. The number of benzene rings is 1. The Hall–Kier alpha value is -1.53. The van der Waals surface area contributed by atoms with Gasteiger partial charge in [-0.1, -0.05) is 0 Å². The van der Waals surface area contributed by atoms with Crippen LogP contribution >= 0.6 is 15.9 Å². The van der Waals surface area contributed by atoms with E-state index in [0.29, 0.717) is 6.04 Å². The SMILES string of the molecule is CN(C)[C@@H]1CCN(c2ccc(-n3cnc(Br)c3)c(N)c2)C1. The second-order valence-corrected chi connectivity index (χ2v) is 6.51. The number of likely N-dealkylation sites (N-methyl/N-ethyl adjacent to an activating group) is 1. The summed E-state index contributed by atoms with van der Waals surface area (Å²) in [6, 6.07) is 6.87. The number of nitrogen functional groups attached to an aromatic ring is 1. The summed E-state index contributed by atoms with van der Waals surface area (Å²) < 4.78 is 2.73. The third-order valence-corrected chi connectivity index (χ3v) is 4.51. The van der Waals surface area contributed by atoms with Gasteiger partial charge < -0.3 is 20.1 Å². The standard InChI is InChI=1S/C15H20BrN5/c1-19(2)12-5-6-20(8-12)11-3-4-14(13(17)7-11)21-9-15(16)18-10-21/h3-4,7,9-10,12H,5-6,8,17H2,1-2H3/t12-/m1/s1. The zero-order chi connectivity index (χ0) is 15.0. The quantitative estimate of drug-likeness (QED) is 0.864. The molecule has 2 N–H and O–H groups in total. The first-order valence-electron chi connectivity index (χ1n) is 7.05. The molecule has 1 saturated heterocycles. The van der Waals surface area contributed by atoms with Gasteiger partial charge in [-0.15, -0.1) is 0 Å². The van der Waals surface area contributed by atoms with Gasteiger partial charge in [-0.3, -0.25) is 0 Å². The van der Waals surface area contributed by atoms with Crippen molar-refractivity contribution in [2.45, 2.75) is 12.5 Å². The molecule has 0 radical (unpaired) electrons. The van der Waals surface area contributed by atoms with Gasteiger partial charge in [0.25, 0.3) is 0 Å². The fourth-order valence-corrected chi connectivity index (χ4v) is 3.11. The van der Waals surface area contributed by atoms with Gasteiger partial charge in [0, 0.05) is 31.0 Å². The number of rotatable bonds is 3. The topological polar surface area (TPSA) is 50.3 Å². The van der Waals surface area contributed by atoms with E-state index < -0.39 is 0 Å². The molecule has 1 aliphatic heterocycles. The van der Waals surface area contributed by atoms with Crippen molar-refractivity contribution >= 4 is 27.3 Å². The Bertz CT molecular complexity index is 637. The van der Waals surface area contributed by atoms with E-state index in [9.17, 15) is 0 Å². The van der Waals surface area contributed by atoms with Crippen LogP contribution in [0.2, 0.25) is 0 Å². The summed E-state index contributed by atoms with van der Waals surface area (Å²) in [5.74, 6) is 0. The van der Waals surface area contributed by atoms with Crippen LogP contribution in [0, 0.1) is 0 Å². The van der Waals surface area contributed by atoms with Crippen molar-refractivity contribution < 1.29 is 0 Å². The molecule has 0 amide bonds. The number of anilines is 2. The van der Waals surface area contributed by atoms with Crippen LogP contribution < -0.4 is 10.6 Å². The summed E-state index contributed by atoms with van der Waals surface area (Å²) >= 11 is 3.36. The summed E-state index contributed by atoms with van der Waals surface area (Å²) in [6.45, 7) is 2.14. The van der Waals surface area contributed by atoms with E-state index in [4.69, 9.17) is 5.73 Å². The molecule has 1 aromatic heterocycles. The Morgan fingerprint density at radius 1 is 1.38 bits per heavy atom. The van der Waals surface area contributed by atoms with E-state index in [2.05, 4.69) is 63.0 Å². The number of imidazole rings is 1. The minimum atomic E-state index is 0.621. The smallest absolute Gasteiger partial charge is 0.124 e. The summed E-state index contributed by atoms with van der Waals surface area (Å²) in [6.07, 6.45) is 4.86. The summed E-state index contributed by atoms with van der Waals surface area (Å²) in [7, 11) is 4.28. The number of nitrogens with two attached hydrogens (primary N) is 1. The molecule has 2 aromatic rings. The molecule has 112 valence electrons. The van der Waals surface area contributed by atoms with E-state index in [0.717, 1.165) is 29.1 Å². The summed E-state index contributed by atoms with van der Waals surface area (Å²) in [5, 5.41) is 0. The van der Waals surface area contributed by atoms with Gasteiger partial charge >= 0.3 is 0 Å². The second-order valence-electron chi connectivity index (χ2n) is 5.70. The molecular weight excluding hydrogens is 330 g/mol. The van der Waals surface area contributed by atoms with Crippen molar-refractivity contribution in [3.8, 4) is 5.69 Å². The van der Waals surface area contributed by atoms with Crippen molar-refractivity contribution in [1.82, 2.24) is 14.5 Å². The molecular formula is C15H20BrN5. The van der Waals surface area contributed by atoms with Gasteiger partial charge in [0.05, 0.1) is 11.4 Å². The first-order chi connectivity index (χ1) is 10.0. The molecule has 21 heavy (non-hydrogen) atoms. The third kappa shape index (κ3) is 2.91. The van der Waals surface area contributed by atoms with Crippen LogP contribution in [-0.2, 0) is 0 Å². The average molecular weight is 350 g/mol. The predicted octanol–water partition coefficient (Wildman–Crippen LogP) is 2.36. The highest BCUT2D eigenvalue weighted by Crippen LogP contribution is 2.28. The number of nitrogens with zero attached hydrogens (tertiary/aromatic N) is 4. The lowest BCUT2D eigenvalue weighted by atomic mass is 10.2. The van der Waals surface area contributed by atoms with Gasteiger partial charge in [0.15, 0.2) is 0 Å². The Kier molecular flexibility index (Phi) is 3.91. The van der Waals surface area contributed by atoms with Crippen LogP contribution in [-0.4, -0.2) is 47.7 Å². The van der Waals surface area contributed by atoms with E-state index in [-0.39, 0.29) is 0 Å². The molecule has 1 atom stereocenters. The maximum atomic E-state index is 6.22. The van der Waals surface area contributed by atoms with Crippen molar-refractivity contribution in [2.24, 2.45) is 0 Å². The summed E-state index contributed by atoms with van der Waals surface area (Å²) in [5.41, 5.74) is 9.15. The number of hydrogen-bond donors (Lipinski definition) is 1. The maximum Gasteiger partial charge on any atom is 0.124 e. The zero-order valence-corrected chi connectivity index (χ0v) is 13.9. The van der Waals surface area contributed by atoms with Crippen LogP contribution in [0.3, 0.4) is 0 Å². The lowest BCUT2D eigenvalue weighted by Gasteiger charge is -2.22. The van der Waals surface area contributed by atoms with Gasteiger partial charge in [-0.2, -0.15) is 0 Å². The number of aromatic nitrogens is 2. The molecule has 6 heteroatoms. The van der Waals surface area contributed by atoms with Crippen molar-refractivity contribution in [3.63, 3.8) is 0 Å². The summed E-state index contributed by atoms with van der Waals surface area (Å²) in [4.78, 5) is 8.86. The molecule has 1 aliphatic rings. The Morgan fingerprint density at radius 2 is 2.19 bits per heavy atom. The van der Waals surface area contributed by atoms with Gasteiger partial charge in [-0.05, 0) is 54.6 Å². The molecule has 1 aromatic carbocycles. The van der Waals surface area contributed by atoms with Gasteiger partial charge in [0.1, 0.15) is 10.9 Å². The molecule has 0 bridgehead atoms. The molecule has 0 spiro atoms. The highest BCUT2D eigenvalue weighted by molar-refractivity contribution is 9.10. The average Bonchev–Trinajstić information content (AvgIpc) is 3.07. The molecule has 0 saturated carbocycles. The van der Waals surface area contributed by atoms with Crippen LogP contribution in [0.25, 0.3) is 5.69 Å². The van der Waals surface area contributed by atoms with Gasteiger partial charge in [0.2, 0.25) is 0 Å². The zero-order valence-electron chi connectivity index (χ0n) is 12.3. The second kappa shape index (κ2) is 5.69. The highest BCUT2D eigenvalue weighted by Gasteiger charge is 2.24. The predicted molar refractivity (Wildman–Crippen MR) is 90.0 cm³/mol. The monoisotopic (exact) mass is 349 g/mol. The molecule has 2 heterocycles. The minimum Gasteiger partial charge on any atom is -0.397 e. The van der Waals surface area contributed by atoms with Gasteiger partial charge in [-0.25, -0.2) is 4.98 Å². The third-order valence-electron chi connectivity index (χ3n) is 4.10. The van der Waals surface area contributed by atoms with Crippen LogP contribution in [0.1, 0.15) is 6.42 Å². The molecule has 0 aliphatic carbocycles. The van der Waals surface area contributed by atoms with Crippen LogP contribution in [0.4, 0.5) is 11.4 Å². The van der Waals surface area contributed by atoms with E-state index >= 15 is 0 Å². The Balaban J connectivity index is 1.82. The fourth-order valence-electron chi connectivity index (χ4n) is 2.80. The van der Waals surface area contributed by atoms with Crippen LogP contribution in [0.15, 0.2) is 35.3 Å². The van der Waals surface area contributed by atoms with E-state index in [1.54, 1.807) is 6.33 Å². The number of halogens is 1. The molecule has 0 unspecified atom stereocenters. The highest BCUT2D eigenvalue weighted by atomic mass is 79.9. The normalized spacial score (nSPS) is 18.7. The fraction of sp³-hybridized carbons (Fsp3) is 0.400. The first kappa shape index (κ1) is 14.4. The Labute approximate surface area is 133 Å². The lowest BCUT2D eigenvalue weighted by molar-refractivity contribution is 0.315. The number of hydrogen-bond acceptors (Lipinski definition) is 4. The van der Waals surface area contributed by atoms with Crippen LogP contribution in [0.5, 0.6) is 0 Å². The maximum absolute atomic E-state index is 6.22.